The van der Waals surface area contributed by atoms with Gasteiger partial charge in [0.15, 0.2) is 11.5 Å². The van der Waals surface area contributed by atoms with Gasteiger partial charge >= 0.3 is 5.63 Å². The van der Waals surface area contributed by atoms with Crippen molar-refractivity contribution in [2.45, 2.75) is 0 Å². The molecule has 2 N–H and O–H groups in total. The highest BCUT2D eigenvalue weighted by molar-refractivity contribution is 5.97. The van der Waals surface area contributed by atoms with Crippen molar-refractivity contribution in [3.8, 4) is 28.7 Å². The highest BCUT2D eigenvalue weighted by Gasteiger charge is 2.18. The monoisotopic (exact) mass is 322 g/mol. The van der Waals surface area contributed by atoms with Crippen molar-refractivity contribution in [3.63, 3.8) is 0 Å². The van der Waals surface area contributed by atoms with Crippen LogP contribution in [0.3, 0.4) is 0 Å². The molecular formula is C18H14N2O4. The summed E-state index contributed by atoms with van der Waals surface area (Å²) in [6.07, 6.45) is 0. The van der Waals surface area contributed by atoms with E-state index in [1.807, 2.05) is 6.07 Å². The average Bonchev–Trinajstić information content (AvgIpc) is 2.59. The summed E-state index contributed by atoms with van der Waals surface area (Å²) in [5.74, 6) is 1.05. The van der Waals surface area contributed by atoms with E-state index >= 15 is 0 Å². The second-order valence-corrected chi connectivity index (χ2v) is 5.08. The van der Waals surface area contributed by atoms with Crippen LogP contribution in [0.2, 0.25) is 0 Å². The maximum Gasteiger partial charge on any atom is 0.354 e. The Kier molecular flexibility index (Phi) is 3.84. The van der Waals surface area contributed by atoms with E-state index in [1.54, 1.807) is 36.4 Å². The number of nitrogens with two attached hydrogens (primary N) is 1. The van der Waals surface area contributed by atoms with Gasteiger partial charge in [-0.25, -0.2) is 4.79 Å². The van der Waals surface area contributed by atoms with E-state index < -0.39 is 5.63 Å². The minimum atomic E-state index is -0.708. The predicted molar refractivity (Wildman–Crippen MR) is 90.2 cm³/mol. The number of ether oxygens (including phenoxy) is 2. The zero-order valence-corrected chi connectivity index (χ0v) is 13.1. The van der Waals surface area contributed by atoms with Crippen LogP contribution in [-0.2, 0) is 0 Å². The lowest BCUT2D eigenvalue weighted by Crippen LogP contribution is -2.07. The fourth-order valence-corrected chi connectivity index (χ4v) is 2.61. The minimum Gasteiger partial charge on any atom is -0.493 e. The zero-order chi connectivity index (χ0) is 17.3. The van der Waals surface area contributed by atoms with E-state index in [2.05, 4.69) is 0 Å². The molecule has 0 amide bonds. The summed E-state index contributed by atoms with van der Waals surface area (Å²) in [5.41, 5.74) is 6.89. The molecule has 120 valence electrons. The number of anilines is 1. The van der Waals surface area contributed by atoms with E-state index in [0.29, 0.717) is 39.3 Å². The number of hydrogen-bond acceptors (Lipinski definition) is 6. The molecule has 0 aliphatic rings. The fraction of sp³-hybridized carbons (Fsp3) is 0.111. The van der Waals surface area contributed by atoms with Gasteiger partial charge in [0.2, 0.25) is 0 Å². The van der Waals surface area contributed by atoms with Crippen LogP contribution in [-0.4, -0.2) is 14.2 Å². The Morgan fingerprint density at radius 2 is 1.83 bits per heavy atom. The maximum absolute atomic E-state index is 12.2. The SMILES string of the molecule is COc1ccc(-c2c(C#N)c(=O)oc3cc(N)ccc23)cc1OC. The first kappa shape index (κ1) is 15.4. The van der Waals surface area contributed by atoms with Gasteiger partial charge in [0.05, 0.1) is 14.2 Å². The van der Waals surface area contributed by atoms with Crippen LogP contribution in [0.1, 0.15) is 5.56 Å². The Morgan fingerprint density at radius 3 is 2.50 bits per heavy atom. The van der Waals surface area contributed by atoms with Crippen molar-refractivity contribution < 1.29 is 13.9 Å². The number of methoxy groups -OCH3 is 2. The predicted octanol–water partition coefficient (Wildman–Crippen LogP) is 2.93. The molecule has 0 bridgehead atoms. The molecule has 0 aliphatic heterocycles. The van der Waals surface area contributed by atoms with Crippen molar-refractivity contribution in [1.82, 2.24) is 0 Å². The number of rotatable bonds is 3. The van der Waals surface area contributed by atoms with E-state index in [0.717, 1.165) is 0 Å². The van der Waals surface area contributed by atoms with Crippen molar-refractivity contribution >= 4 is 16.7 Å². The number of benzene rings is 2. The van der Waals surface area contributed by atoms with Crippen LogP contribution >= 0.6 is 0 Å². The molecule has 3 aromatic rings. The number of nitrogen functional groups attached to an aromatic ring is 1. The molecule has 1 heterocycles. The maximum atomic E-state index is 12.2. The molecule has 24 heavy (non-hydrogen) atoms. The van der Waals surface area contributed by atoms with E-state index in [-0.39, 0.29) is 5.56 Å². The van der Waals surface area contributed by atoms with Crippen LogP contribution in [0.5, 0.6) is 11.5 Å². The van der Waals surface area contributed by atoms with Crippen molar-refractivity contribution in [2.75, 3.05) is 20.0 Å². The molecular weight excluding hydrogens is 308 g/mol. The van der Waals surface area contributed by atoms with Crippen LogP contribution in [0.25, 0.3) is 22.1 Å². The number of nitriles is 1. The van der Waals surface area contributed by atoms with Gasteiger partial charge in [0.25, 0.3) is 0 Å². The molecule has 2 aromatic carbocycles. The first-order valence-corrected chi connectivity index (χ1v) is 7.08. The molecule has 6 nitrogen and oxygen atoms in total. The lowest BCUT2D eigenvalue weighted by molar-refractivity contribution is 0.355. The molecule has 1 aromatic heterocycles. The van der Waals surface area contributed by atoms with E-state index in [1.165, 1.54) is 14.2 Å². The summed E-state index contributed by atoms with van der Waals surface area (Å²) in [4.78, 5) is 12.2. The fourth-order valence-electron chi connectivity index (χ4n) is 2.61. The number of nitrogens with zero attached hydrogens (tertiary/aromatic N) is 1. The van der Waals surface area contributed by atoms with Crippen LogP contribution in [0.4, 0.5) is 5.69 Å². The van der Waals surface area contributed by atoms with Gasteiger partial charge in [0, 0.05) is 22.7 Å². The van der Waals surface area contributed by atoms with E-state index in [9.17, 15) is 10.1 Å². The highest BCUT2D eigenvalue weighted by Crippen LogP contribution is 2.36. The largest absolute Gasteiger partial charge is 0.493 e. The molecule has 0 atom stereocenters. The summed E-state index contributed by atoms with van der Waals surface area (Å²) < 4.78 is 15.7. The van der Waals surface area contributed by atoms with Gasteiger partial charge in [-0.05, 0) is 29.8 Å². The Hall–Kier alpha value is -3.46. The molecule has 0 radical (unpaired) electrons. The van der Waals surface area contributed by atoms with E-state index in [4.69, 9.17) is 19.6 Å². The van der Waals surface area contributed by atoms with Crippen molar-refractivity contribution in [1.29, 1.82) is 5.26 Å². The third kappa shape index (κ3) is 2.42. The standard InChI is InChI=1S/C18H14N2O4/c1-22-14-6-3-10(7-16(14)23-2)17-12-5-4-11(20)8-15(12)24-18(21)13(17)9-19/h3-8H,20H2,1-2H3. The van der Waals surface area contributed by atoms with Crippen LogP contribution in [0.15, 0.2) is 45.6 Å². The second kappa shape index (κ2) is 5.97. The van der Waals surface area contributed by atoms with Gasteiger partial charge in [-0.2, -0.15) is 5.26 Å². The Labute approximate surface area is 137 Å². The molecule has 6 heteroatoms. The number of hydrogen-bond donors (Lipinski definition) is 1. The molecule has 0 unspecified atom stereocenters. The summed E-state index contributed by atoms with van der Waals surface area (Å²) >= 11 is 0. The smallest absolute Gasteiger partial charge is 0.354 e. The Balaban J connectivity index is 2.41. The molecule has 3 rings (SSSR count). The van der Waals surface area contributed by atoms with Gasteiger partial charge in [-0.3, -0.25) is 0 Å². The lowest BCUT2D eigenvalue weighted by atomic mass is 9.97. The lowest BCUT2D eigenvalue weighted by Gasteiger charge is -2.12. The molecule has 0 spiro atoms. The Bertz CT molecular complexity index is 1030. The van der Waals surface area contributed by atoms with Crippen LogP contribution in [0, 0.1) is 11.3 Å². The normalized spacial score (nSPS) is 10.4. The quantitative estimate of drug-likeness (QED) is 0.588. The average molecular weight is 322 g/mol. The number of fused-ring (bicyclic) bond motifs is 1. The molecule has 0 aliphatic carbocycles. The highest BCUT2D eigenvalue weighted by atomic mass is 16.5. The molecule has 0 saturated heterocycles. The van der Waals surface area contributed by atoms with Gasteiger partial charge < -0.3 is 19.6 Å². The van der Waals surface area contributed by atoms with Crippen molar-refractivity contribution in [3.05, 3.63) is 52.4 Å². The summed E-state index contributed by atoms with van der Waals surface area (Å²) in [6, 6.07) is 12.1. The second-order valence-electron chi connectivity index (χ2n) is 5.08. The van der Waals surface area contributed by atoms with Gasteiger partial charge in [-0.1, -0.05) is 6.07 Å². The minimum absolute atomic E-state index is 0.0699. The van der Waals surface area contributed by atoms with Crippen molar-refractivity contribution in [2.24, 2.45) is 0 Å². The molecule has 0 fully saturated rings. The first-order valence-electron chi connectivity index (χ1n) is 7.08. The van der Waals surface area contributed by atoms with Crippen LogP contribution < -0.4 is 20.8 Å². The Morgan fingerprint density at radius 1 is 1.08 bits per heavy atom. The summed E-state index contributed by atoms with van der Waals surface area (Å²) in [5, 5.41) is 10.0. The summed E-state index contributed by atoms with van der Waals surface area (Å²) in [6.45, 7) is 0. The third-order valence-corrected chi connectivity index (χ3v) is 3.72. The third-order valence-electron chi connectivity index (χ3n) is 3.72. The topological polar surface area (TPSA) is 98.5 Å². The van der Waals surface area contributed by atoms with Gasteiger partial charge in [-0.15, -0.1) is 0 Å². The van der Waals surface area contributed by atoms with Gasteiger partial charge in [0.1, 0.15) is 17.2 Å². The molecule has 0 saturated carbocycles. The zero-order valence-electron chi connectivity index (χ0n) is 13.1. The summed E-state index contributed by atoms with van der Waals surface area (Å²) in [7, 11) is 3.05. The first-order chi connectivity index (χ1) is 11.6.